The smallest absolute Gasteiger partial charge is 0.222 e. The van der Waals surface area contributed by atoms with E-state index in [9.17, 15) is 4.79 Å². The Hall–Kier alpha value is -2.12. The Balaban J connectivity index is 1.54. The third-order valence-corrected chi connectivity index (χ3v) is 5.88. The van der Waals surface area contributed by atoms with E-state index in [-0.39, 0.29) is 5.91 Å². The first-order chi connectivity index (χ1) is 14.0. The van der Waals surface area contributed by atoms with Crippen molar-refractivity contribution in [2.45, 2.75) is 38.4 Å². The van der Waals surface area contributed by atoms with E-state index in [2.05, 4.69) is 39.1 Å². The topological polar surface area (TPSA) is 58.6 Å². The average Bonchev–Trinajstić information content (AvgIpc) is 2.74. The maximum atomic E-state index is 12.6. The predicted molar refractivity (Wildman–Crippen MR) is 118 cm³/mol. The van der Waals surface area contributed by atoms with Crippen molar-refractivity contribution < 1.29 is 9.53 Å². The molecule has 1 aliphatic heterocycles. The lowest BCUT2D eigenvalue weighted by molar-refractivity contribution is -0.130. The second-order valence-corrected chi connectivity index (χ2v) is 8.15. The van der Waals surface area contributed by atoms with Gasteiger partial charge in [-0.1, -0.05) is 23.9 Å². The van der Waals surface area contributed by atoms with Gasteiger partial charge in [-0.15, -0.1) is 0 Å². The van der Waals surface area contributed by atoms with Crippen LogP contribution >= 0.6 is 11.8 Å². The van der Waals surface area contributed by atoms with Crippen molar-refractivity contribution in [2.75, 3.05) is 44.5 Å². The number of thioether (sulfide) groups is 1. The van der Waals surface area contributed by atoms with Crippen LogP contribution in [0.3, 0.4) is 0 Å². The molecule has 0 atom stereocenters. The summed E-state index contributed by atoms with van der Waals surface area (Å²) >= 11 is 1.54. The third kappa shape index (κ3) is 5.70. The number of aryl methyl sites for hydroxylation is 2. The molecular weight excluding hydrogens is 384 g/mol. The highest BCUT2D eigenvalue weighted by Crippen LogP contribution is 2.19. The predicted octanol–water partition coefficient (Wildman–Crippen LogP) is 3.24. The highest BCUT2D eigenvalue weighted by molar-refractivity contribution is 7.98. The lowest BCUT2D eigenvalue weighted by Crippen LogP contribution is -2.36. The summed E-state index contributed by atoms with van der Waals surface area (Å²) in [6.07, 6.45) is 3.11. The first-order valence-corrected chi connectivity index (χ1v) is 11.2. The molecule has 2 aromatic rings. The van der Waals surface area contributed by atoms with Gasteiger partial charge in [0.1, 0.15) is 0 Å². The standard InChI is InChI=1S/C22H30N4O2S/c1-16-20(17(2)24-22(23-16)29-4)9-10-21(27)25(3)15-18-5-7-19(8-6-18)26-11-13-28-14-12-26/h5-8H,9-15H2,1-4H3. The molecule has 0 aliphatic carbocycles. The summed E-state index contributed by atoms with van der Waals surface area (Å²) in [5.41, 5.74) is 5.37. The quantitative estimate of drug-likeness (QED) is 0.512. The fraction of sp³-hybridized carbons (Fsp3) is 0.500. The normalized spacial score (nSPS) is 14.1. The molecule has 3 rings (SSSR count). The molecule has 7 heteroatoms. The van der Waals surface area contributed by atoms with Crippen LogP contribution in [0.15, 0.2) is 29.4 Å². The molecule has 1 aliphatic rings. The van der Waals surface area contributed by atoms with Crippen molar-refractivity contribution in [1.29, 1.82) is 0 Å². The molecular formula is C22H30N4O2S. The first kappa shape index (κ1) is 21.6. The Morgan fingerprint density at radius 2 is 1.76 bits per heavy atom. The molecule has 1 amide bonds. The van der Waals surface area contributed by atoms with Crippen LogP contribution in [0.1, 0.15) is 28.9 Å². The number of nitrogens with zero attached hydrogens (tertiary/aromatic N) is 4. The van der Waals surface area contributed by atoms with Gasteiger partial charge < -0.3 is 14.5 Å². The number of hydrogen-bond donors (Lipinski definition) is 0. The van der Waals surface area contributed by atoms with Crippen LogP contribution in [-0.2, 0) is 22.5 Å². The van der Waals surface area contributed by atoms with Crippen molar-refractivity contribution in [3.63, 3.8) is 0 Å². The van der Waals surface area contributed by atoms with Crippen LogP contribution in [0.4, 0.5) is 5.69 Å². The summed E-state index contributed by atoms with van der Waals surface area (Å²) < 4.78 is 5.41. The van der Waals surface area contributed by atoms with E-state index in [1.54, 1.807) is 4.90 Å². The zero-order chi connectivity index (χ0) is 20.8. The molecule has 0 bridgehead atoms. The molecule has 0 unspecified atom stereocenters. The molecule has 1 saturated heterocycles. The number of morpholine rings is 1. The number of amides is 1. The molecule has 0 saturated carbocycles. The maximum absolute atomic E-state index is 12.6. The summed E-state index contributed by atoms with van der Waals surface area (Å²) in [5.74, 6) is 0.134. The number of carbonyl (C=O) groups is 1. The summed E-state index contributed by atoms with van der Waals surface area (Å²) in [6, 6.07) is 8.49. The molecule has 0 radical (unpaired) electrons. The average molecular weight is 415 g/mol. The highest BCUT2D eigenvalue weighted by Gasteiger charge is 2.15. The van der Waals surface area contributed by atoms with Crippen molar-refractivity contribution in [2.24, 2.45) is 0 Å². The maximum Gasteiger partial charge on any atom is 0.222 e. The number of rotatable bonds is 7. The lowest BCUT2D eigenvalue weighted by atomic mass is 10.1. The minimum absolute atomic E-state index is 0.134. The SMILES string of the molecule is CSc1nc(C)c(CCC(=O)N(C)Cc2ccc(N3CCOCC3)cc2)c(C)n1. The van der Waals surface area contributed by atoms with E-state index in [0.717, 1.165) is 54.0 Å². The minimum Gasteiger partial charge on any atom is -0.378 e. The number of carbonyl (C=O) groups excluding carboxylic acids is 1. The van der Waals surface area contributed by atoms with Gasteiger partial charge in [0.2, 0.25) is 5.91 Å². The van der Waals surface area contributed by atoms with Gasteiger partial charge in [-0.3, -0.25) is 4.79 Å². The summed E-state index contributed by atoms with van der Waals surface area (Å²) in [5, 5.41) is 0.785. The minimum atomic E-state index is 0.134. The largest absolute Gasteiger partial charge is 0.378 e. The van der Waals surface area contributed by atoms with E-state index < -0.39 is 0 Å². The second-order valence-electron chi connectivity index (χ2n) is 7.38. The Morgan fingerprint density at radius 3 is 2.34 bits per heavy atom. The molecule has 0 N–H and O–H groups in total. The van der Waals surface area contributed by atoms with E-state index in [1.807, 2.05) is 27.2 Å². The molecule has 1 fully saturated rings. The molecule has 0 spiro atoms. The molecule has 2 heterocycles. The van der Waals surface area contributed by atoms with Gasteiger partial charge in [0, 0.05) is 50.2 Å². The van der Waals surface area contributed by atoms with Crippen molar-refractivity contribution in [3.05, 3.63) is 46.8 Å². The van der Waals surface area contributed by atoms with Crippen molar-refractivity contribution >= 4 is 23.4 Å². The van der Waals surface area contributed by atoms with Crippen LogP contribution in [-0.4, -0.2) is 60.4 Å². The van der Waals surface area contributed by atoms with Gasteiger partial charge in [-0.25, -0.2) is 9.97 Å². The number of hydrogen-bond acceptors (Lipinski definition) is 6. The Labute approximate surface area is 177 Å². The number of anilines is 1. The van der Waals surface area contributed by atoms with Crippen LogP contribution in [0.2, 0.25) is 0 Å². The molecule has 6 nitrogen and oxygen atoms in total. The van der Waals surface area contributed by atoms with Gasteiger partial charge in [-0.2, -0.15) is 0 Å². The number of benzene rings is 1. The fourth-order valence-electron chi connectivity index (χ4n) is 3.58. The van der Waals surface area contributed by atoms with E-state index in [0.29, 0.717) is 19.4 Å². The van der Waals surface area contributed by atoms with E-state index >= 15 is 0 Å². The van der Waals surface area contributed by atoms with E-state index in [4.69, 9.17) is 4.74 Å². The monoisotopic (exact) mass is 414 g/mol. The Kier molecular flexibility index (Phi) is 7.50. The summed E-state index contributed by atoms with van der Waals surface area (Å²) in [6.45, 7) is 8.02. The van der Waals surface area contributed by atoms with Gasteiger partial charge in [-0.05, 0) is 49.8 Å². The lowest BCUT2D eigenvalue weighted by Gasteiger charge is -2.29. The van der Waals surface area contributed by atoms with Gasteiger partial charge >= 0.3 is 0 Å². The van der Waals surface area contributed by atoms with Crippen LogP contribution in [0.25, 0.3) is 0 Å². The van der Waals surface area contributed by atoms with Gasteiger partial charge in [0.15, 0.2) is 5.16 Å². The van der Waals surface area contributed by atoms with Crippen molar-refractivity contribution in [1.82, 2.24) is 14.9 Å². The van der Waals surface area contributed by atoms with E-state index in [1.165, 1.54) is 17.4 Å². The highest BCUT2D eigenvalue weighted by atomic mass is 32.2. The molecule has 1 aromatic carbocycles. The number of ether oxygens (including phenoxy) is 1. The summed E-state index contributed by atoms with van der Waals surface area (Å²) in [4.78, 5) is 25.8. The first-order valence-electron chi connectivity index (χ1n) is 10.0. The molecule has 29 heavy (non-hydrogen) atoms. The van der Waals surface area contributed by atoms with Gasteiger partial charge in [0.05, 0.1) is 13.2 Å². The molecule has 1 aromatic heterocycles. The Bertz CT molecular complexity index is 812. The third-order valence-electron chi connectivity index (χ3n) is 5.33. The number of aromatic nitrogens is 2. The van der Waals surface area contributed by atoms with Crippen LogP contribution in [0, 0.1) is 13.8 Å². The second kappa shape index (κ2) is 10.1. The Morgan fingerprint density at radius 1 is 1.14 bits per heavy atom. The molecule has 156 valence electrons. The van der Waals surface area contributed by atoms with Crippen LogP contribution in [0.5, 0.6) is 0 Å². The fourth-order valence-corrected chi connectivity index (χ4v) is 4.04. The summed E-state index contributed by atoms with van der Waals surface area (Å²) in [7, 11) is 1.87. The van der Waals surface area contributed by atoms with Crippen molar-refractivity contribution in [3.8, 4) is 0 Å². The zero-order valence-corrected chi connectivity index (χ0v) is 18.6. The zero-order valence-electron chi connectivity index (χ0n) is 17.8. The van der Waals surface area contributed by atoms with Crippen LogP contribution < -0.4 is 4.90 Å². The van der Waals surface area contributed by atoms with Gasteiger partial charge in [0.25, 0.3) is 0 Å².